The van der Waals surface area contributed by atoms with Crippen molar-refractivity contribution in [1.82, 2.24) is 9.80 Å². The quantitative estimate of drug-likeness (QED) is 0.676. The van der Waals surface area contributed by atoms with Crippen LogP contribution in [0, 0.1) is 0 Å². The highest BCUT2D eigenvalue weighted by atomic mass is 16.2. The molecular formula is C23H31N3O2. The first kappa shape index (κ1) is 21.5. The molecule has 1 N–H and O–H groups in total. The summed E-state index contributed by atoms with van der Waals surface area (Å²) in [4.78, 5) is 28.7. The minimum absolute atomic E-state index is 0.000764. The van der Waals surface area contributed by atoms with Crippen LogP contribution in [0.2, 0.25) is 0 Å². The molecule has 0 aliphatic carbocycles. The summed E-state index contributed by atoms with van der Waals surface area (Å²) in [6.45, 7) is 6.43. The largest absolute Gasteiger partial charge is 0.376 e. The van der Waals surface area contributed by atoms with Crippen LogP contribution in [-0.2, 0) is 11.3 Å². The van der Waals surface area contributed by atoms with Gasteiger partial charge < -0.3 is 15.1 Å². The molecule has 0 atom stereocenters. The lowest BCUT2D eigenvalue weighted by molar-refractivity contribution is -0.128. The van der Waals surface area contributed by atoms with E-state index in [0.29, 0.717) is 12.1 Å². The van der Waals surface area contributed by atoms with Crippen LogP contribution in [0.25, 0.3) is 0 Å². The lowest BCUT2D eigenvalue weighted by Gasteiger charge is -2.22. The summed E-state index contributed by atoms with van der Waals surface area (Å²) in [6, 6.07) is 17.3. The van der Waals surface area contributed by atoms with Gasteiger partial charge in [-0.1, -0.05) is 50.2 Å². The molecule has 2 aromatic carbocycles. The highest BCUT2D eigenvalue weighted by molar-refractivity contribution is 5.95. The van der Waals surface area contributed by atoms with Crippen molar-refractivity contribution in [1.29, 1.82) is 0 Å². The van der Waals surface area contributed by atoms with Gasteiger partial charge in [-0.05, 0) is 36.6 Å². The SMILES string of the molecule is CCCN(CCC)C(=O)c1cccc(NCC(=O)N(C)Cc2ccccc2)c1. The number of rotatable bonds is 10. The number of anilines is 1. The Morgan fingerprint density at radius 1 is 0.929 bits per heavy atom. The number of amides is 2. The first-order valence-corrected chi connectivity index (χ1v) is 9.96. The number of nitrogens with one attached hydrogen (secondary N) is 1. The van der Waals surface area contributed by atoms with Gasteiger partial charge in [0.05, 0.1) is 6.54 Å². The van der Waals surface area contributed by atoms with Gasteiger partial charge in [0, 0.05) is 37.9 Å². The molecule has 0 heterocycles. The van der Waals surface area contributed by atoms with E-state index < -0.39 is 0 Å². The Balaban J connectivity index is 1.94. The fourth-order valence-electron chi connectivity index (χ4n) is 3.06. The molecule has 0 aliphatic heterocycles. The van der Waals surface area contributed by atoms with E-state index in [4.69, 9.17) is 0 Å². The van der Waals surface area contributed by atoms with Crippen LogP contribution in [0.4, 0.5) is 5.69 Å². The van der Waals surface area contributed by atoms with Crippen molar-refractivity contribution in [2.75, 3.05) is 32.0 Å². The Labute approximate surface area is 168 Å². The van der Waals surface area contributed by atoms with Crippen LogP contribution in [0.1, 0.15) is 42.6 Å². The second-order valence-corrected chi connectivity index (χ2v) is 6.96. The average Bonchev–Trinajstić information content (AvgIpc) is 2.72. The fraction of sp³-hybridized carbons (Fsp3) is 0.391. The number of hydrogen-bond donors (Lipinski definition) is 1. The molecule has 2 rings (SSSR count). The van der Waals surface area contributed by atoms with Crippen molar-refractivity contribution < 1.29 is 9.59 Å². The summed E-state index contributed by atoms with van der Waals surface area (Å²) in [5.41, 5.74) is 2.52. The van der Waals surface area contributed by atoms with Crippen molar-refractivity contribution >= 4 is 17.5 Å². The molecular weight excluding hydrogens is 350 g/mol. The minimum atomic E-state index is -0.000764. The molecule has 0 fully saturated rings. The summed E-state index contributed by atoms with van der Waals surface area (Å²) < 4.78 is 0. The van der Waals surface area contributed by atoms with Gasteiger partial charge in [0.1, 0.15) is 0 Å². The van der Waals surface area contributed by atoms with Crippen molar-refractivity contribution in [2.24, 2.45) is 0 Å². The van der Waals surface area contributed by atoms with Crippen molar-refractivity contribution in [3.63, 3.8) is 0 Å². The van der Waals surface area contributed by atoms with E-state index in [2.05, 4.69) is 19.2 Å². The number of hydrogen-bond acceptors (Lipinski definition) is 3. The van der Waals surface area contributed by atoms with E-state index in [9.17, 15) is 9.59 Å². The summed E-state index contributed by atoms with van der Waals surface area (Å²) >= 11 is 0. The Bertz CT molecular complexity index is 755. The molecule has 0 bridgehead atoms. The van der Waals surface area contributed by atoms with Gasteiger partial charge in [-0.25, -0.2) is 0 Å². The number of carbonyl (C=O) groups excluding carboxylic acids is 2. The van der Waals surface area contributed by atoms with Crippen LogP contribution >= 0.6 is 0 Å². The number of likely N-dealkylation sites (N-methyl/N-ethyl adjacent to an activating group) is 1. The summed E-state index contributed by atoms with van der Waals surface area (Å²) in [5.74, 6) is 0.0408. The molecule has 5 nitrogen and oxygen atoms in total. The number of benzene rings is 2. The van der Waals surface area contributed by atoms with Crippen LogP contribution in [-0.4, -0.2) is 48.3 Å². The average molecular weight is 382 g/mol. The minimum Gasteiger partial charge on any atom is -0.376 e. The molecule has 150 valence electrons. The van der Waals surface area contributed by atoms with Gasteiger partial charge in [0.25, 0.3) is 5.91 Å². The van der Waals surface area contributed by atoms with E-state index in [-0.39, 0.29) is 18.4 Å². The second kappa shape index (κ2) is 11.1. The Morgan fingerprint density at radius 2 is 1.61 bits per heavy atom. The molecule has 0 saturated heterocycles. The van der Waals surface area contributed by atoms with E-state index >= 15 is 0 Å². The third-order valence-corrected chi connectivity index (χ3v) is 4.52. The highest BCUT2D eigenvalue weighted by Crippen LogP contribution is 2.14. The standard InChI is InChI=1S/C23H31N3O2/c1-4-14-26(15-5-2)23(28)20-12-9-13-21(16-20)24-17-22(27)25(3)18-19-10-7-6-8-11-19/h6-13,16,24H,4-5,14-15,17-18H2,1-3H3. The number of carbonyl (C=O) groups is 2. The Kier molecular flexibility index (Phi) is 8.53. The second-order valence-electron chi connectivity index (χ2n) is 6.96. The third-order valence-electron chi connectivity index (χ3n) is 4.52. The van der Waals surface area contributed by atoms with Crippen LogP contribution in [0.3, 0.4) is 0 Å². The smallest absolute Gasteiger partial charge is 0.253 e. The van der Waals surface area contributed by atoms with Gasteiger partial charge in [-0.3, -0.25) is 9.59 Å². The maximum atomic E-state index is 12.7. The molecule has 2 aromatic rings. The molecule has 2 amide bonds. The molecule has 0 spiro atoms. The van der Waals surface area contributed by atoms with E-state index in [0.717, 1.165) is 37.2 Å². The number of nitrogens with zero attached hydrogens (tertiary/aromatic N) is 2. The zero-order valence-electron chi connectivity index (χ0n) is 17.1. The molecule has 0 aromatic heterocycles. The maximum absolute atomic E-state index is 12.7. The van der Waals surface area contributed by atoms with Crippen molar-refractivity contribution in [2.45, 2.75) is 33.2 Å². The van der Waals surface area contributed by atoms with Crippen molar-refractivity contribution in [3.05, 3.63) is 65.7 Å². The summed E-state index contributed by atoms with van der Waals surface area (Å²) in [5, 5.41) is 3.15. The van der Waals surface area contributed by atoms with Crippen LogP contribution in [0.15, 0.2) is 54.6 Å². The van der Waals surface area contributed by atoms with Gasteiger partial charge in [0.15, 0.2) is 0 Å². The third kappa shape index (κ3) is 6.41. The Morgan fingerprint density at radius 3 is 2.25 bits per heavy atom. The molecule has 5 heteroatoms. The fourth-order valence-corrected chi connectivity index (χ4v) is 3.06. The van der Waals surface area contributed by atoms with Gasteiger partial charge in [0.2, 0.25) is 5.91 Å². The zero-order chi connectivity index (χ0) is 20.4. The van der Waals surface area contributed by atoms with E-state index in [1.54, 1.807) is 11.9 Å². The Hall–Kier alpha value is -2.82. The maximum Gasteiger partial charge on any atom is 0.253 e. The van der Waals surface area contributed by atoms with Gasteiger partial charge in [-0.2, -0.15) is 0 Å². The monoisotopic (exact) mass is 381 g/mol. The summed E-state index contributed by atoms with van der Waals surface area (Å²) in [7, 11) is 1.80. The lowest BCUT2D eigenvalue weighted by Crippen LogP contribution is -2.33. The first-order chi connectivity index (χ1) is 13.5. The molecule has 0 radical (unpaired) electrons. The predicted octanol–water partition coefficient (Wildman–Crippen LogP) is 4.02. The molecule has 28 heavy (non-hydrogen) atoms. The normalized spacial score (nSPS) is 10.4. The lowest BCUT2D eigenvalue weighted by atomic mass is 10.1. The zero-order valence-corrected chi connectivity index (χ0v) is 17.1. The van der Waals surface area contributed by atoms with Gasteiger partial charge >= 0.3 is 0 Å². The summed E-state index contributed by atoms with van der Waals surface area (Å²) in [6.07, 6.45) is 1.87. The molecule has 0 unspecified atom stereocenters. The van der Waals surface area contributed by atoms with E-state index in [1.165, 1.54) is 0 Å². The van der Waals surface area contributed by atoms with Gasteiger partial charge in [-0.15, -0.1) is 0 Å². The van der Waals surface area contributed by atoms with Crippen molar-refractivity contribution in [3.8, 4) is 0 Å². The predicted molar refractivity (Wildman–Crippen MR) is 114 cm³/mol. The molecule has 0 saturated carbocycles. The molecule has 0 aliphatic rings. The van der Waals surface area contributed by atoms with E-state index in [1.807, 2.05) is 59.5 Å². The van der Waals surface area contributed by atoms with Crippen LogP contribution < -0.4 is 5.32 Å². The van der Waals surface area contributed by atoms with Crippen LogP contribution in [0.5, 0.6) is 0 Å². The first-order valence-electron chi connectivity index (χ1n) is 9.96. The highest BCUT2D eigenvalue weighted by Gasteiger charge is 2.15. The topological polar surface area (TPSA) is 52.7 Å².